The Balaban J connectivity index is 1.88. The van der Waals surface area contributed by atoms with Gasteiger partial charge in [-0.2, -0.15) is 0 Å². The normalized spacial score (nSPS) is 23.3. The Morgan fingerprint density at radius 2 is 2.32 bits per heavy atom. The molecule has 102 valence electrons. The second-order valence-corrected chi connectivity index (χ2v) is 5.30. The van der Waals surface area contributed by atoms with Crippen LogP contribution < -0.4 is 5.32 Å². The molecule has 2 aromatic rings. The maximum absolute atomic E-state index is 5.62. The van der Waals surface area contributed by atoms with Crippen LogP contribution in [0.3, 0.4) is 0 Å². The number of hydrogen-bond donors (Lipinski definition) is 2. The first-order chi connectivity index (χ1) is 9.29. The molecule has 3 rings (SSSR count). The molecule has 1 aliphatic heterocycles. The minimum Gasteiger partial charge on any atom is -0.379 e. The molecule has 2 N–H and O–H groups in total. The highest BCUT2D eigenvalue weighted by Gasteiger charge is 2.31. The van der Waals surface area contributed by atoms with E-state index in [1.807, 2.05) is 0 Å². The van der Waals surface area contributed by atoms with Gasteiger partial charge in [-0.3, -0.25) is 0 Å². The van der Waals surface area contributed by atoms with Crippen molar-refractivity contribution in [2.75, 3.05) is 19.8 Å². The summed E-state index contributed by atoms with van der Waals surface area (Å²) >= 11 is 0. The average molecular weight is 259 g/mol. The van der Waals surface area contributed by atoms with Crippen molar-refractivity contribution in [1.29, 1.82) is 0 Å². The summed E-state index contributed by atoms with van der Waals surface area (Å²) in [6, 6.07) is 6.63. The Morgan fingerprint density at radius 1 is 1.42 bits per heavy atom. The van der Waals surface area contributed by atoms with E-state index in [4.69, 9.17) is 9.72 Å². The number of benzene rings is 1. The van der Waals surface area contributed by atoms with Gasteiger partial charge in [-0.1, -0.05) is 19.1 Å². The third-order valence-electron chi connectivity index (χ3n) is 3.82. The van der Waals surface area contributed by atoms with Gasteiger partial charge in [-0.25, -0.2) is 4.98 Å². The quantitative estimate of drug-likeness (QED) is 0.886. The summed E-state index contributed by atoms with van der Waals surface area (Å²) in [6.07, 6.45) is 1.14. The number of aromatic amines is 1. The van der Waals surface area contributed by atoms with Crippen LogP contribution in [-0.4, -0.2) is 35.8 Å². The lowest BCUT2D eigenvalue weighted by molar-refractivity contribution is 0.187. The highest BCUT2D eigenvalue weighted by Crippen LogP contribution is 2.26. The summed E-state index contributed by atoms with van der Waals surface area (Å²) in [7, 11) is 0. The number of aromatic nitrogens is 2. The first-order valence-corrected chi connectivity index (χ1v) is 7.06. The van der Waals surface area contributed by atoms with Gasteiger partial charge in [-0.15, -0.1) is 0 Å². The molecule has 0 amide bonds. The van der Waals surface area contributed by atoms with Crippen LogP contribution in [0.4, 0.5) is 0 Å². The number of fused-ring (bicyclic) bond motifs is 1. The maximum Gasteiger partial charge on any atom is 0.114 e. The maximum atomic E-state index is 5.62. The number of hydrogen-bond acceptors (Lipinski definition) is 3. The van der Waals surface area contributed by atoms with Crippen molar-refractivity contribution in [3.05, 3.63) is 29.6 Å². The van der Waals surface area contributed by atoms with Crippen LogP contribution in [0.25, 0.3) is 11.0 Å². The van der Waals surface area contributed by atoms with Gasteiger partial charge >= 0.3 is 0 Å². The van der Waals surface area contributed by atoms with Crippen LogP contribution >= 0.6 is 0 Å². The van der Waals surface area contributed by atoms with Crippen molar-refractivity contribution < 1.29 is 4.74 Å². The molecule has 1 saturated heterocycles. The predicted octanol–water partition coefficient (Wildman–Crippen LogP) is 2.35. The molecule has 0 aliphatic carbocycles. The Morgan fingerprint density at radius 3 is 3.11 bits per heavy atom. The molecule has 1 aromatic carbocycles. The molecule has 1 fully saturated rings. The lowest BCUT2D eigenvalue weighted by atomic mass is 10.0. The molecule has 0 saturated carbocycles. The third kappa shape index (κ3) is 2.38. The van der Waals surface area contributed by atoms with Crippen LogP contribution in [0.1, 0.15) is 30.7 Å². The highest BCUT2D eigenvalue weighted by atomic mass is 16.5. The van der Waals surface area contributed by atoms with Gasteiger partial charge in [0, 0.05) is 6.04 Å². The molecule has 1 aromatic heterocycles. The van der Waals surface area contributed by atoms with Gasteiger partial charge < -0.3 is 15.0 Å². The topological polar surface area (TPSA) is 49.9 Å². The van der Waals surface area contributed by atoms with Crippen molar-refractivity contribution >= 4 is 11.0 Å². The van der Waals surface area contributed by atoms with E-state index in [9.17, 15) is 0 Å². The van der Waals surface area contributed by atoms with Gasteiger partial charge in [-0.05, 0) is 31.5 Å². The molecule has 0 radical (unpaired) electrons. The number of nitrogens with one attached hydrogen (secondary N) is 2. The predicted molar refractivity (Wildman–Crippen MR) is 76.5 cm³/mol. The van der Waals surface area contributed by atoms with E-state index in [0.717, 1.165) is 43.0 Å². The van der Waals surface area contributed by atoms with E-state index in [1.54, 1.807) is 0 Å². The van der Waals surface area contributed by atoms with Gasteiger partial charge in [0.15, 0.2) is 0 Å². The number of rotatable bonds is 4. The summed E-state index contributed by atoms with van der Waals surface area (Å²) in [5.74, 6) is 1.38. The molecule has 0 bridgehead atoms. The minimum absolute atomic E-state index is 0.332. The van der Waals surface area contributed by atoms with Crippen LogP contribution in [0.15, 0.2) is 18.2 Å². The molecule has 19 heavy (non-hydrogen) atoms. The van der Waals surface area contributed by atoms with E-state index < -0.39 is 0 Å². The molecule has 2 unspecified atom stereocenters. The zero-order chi connectivity index (χ0) is 13.2. The number of para-hydroxylation sites is 1. The summed E-state index contributed by atoms with van der Waals surface area (Å²) in [4.78, 5) is 8.23. The number of nitrogens with zero attached hydrogens (tertiary/aromatic N) is 1. The van der Waals surface area contributed by atoms with Crippen LogP contribution in [-0.2, 0) is 4.74 Å². The van der Waals surface area contributed by atoms with Crippen LogP contribution in [0.5, 0.6) is 0 Å². The van der Waals surface area contributed by atoms with Gasteiger partial charge in [0.25, 0.3) is 0 Å². The second-order valence-electron chi connectivity index (χ2n) is 5.30. The fourth-order valence-electron chi connectivity index (χ4n) is 2.72. The fourth-order valence-corrected chi connectivity index (χ4v) is 2.72. The molecular formula is C15H21N3O. The fraction of sp³-hybridized carbons (Fsp3) is 0.533. The van der Waals surface area contributed by atoms with E-state index in [2.05, 4.69) is 42.3 Å². The monoisotopic (exact) mass is 259 g/mol. The SMILES string of the molecule is CCCNC1COCC1c1nc2c(C)cccc2[nH]1. The van der Waals surface area contributed by atoms with E-state index >= 15 is 0 Å². The highest BCUT2D eigenvalue weighted by molar-refractivity contribution is 5.78. The second kappa shape index (κ2) is 5.31. The molecule has 1 aliphatic rings. The van der Waals surface area contributed by atoms with Crippen molar-refractivity contribution in [2.24, 2.45) is 0 Å². The molecule has 0 spiro atoms. The average Bonchev–Trinajstić information content (AvgIpc) is 3.02. The van der Waals surface area contributed by atoms with Crippen molar-refractivity contribution in [3.63, 3.8) is 0 Å². The summed E-state index contributed by atoms with van der Waals surface area (Å²) < 4.78 is 5.62. The van der Waals surface area contributed by atoms with Crippen molar-refractivity contribution in [1.82, 2.24) is 15.3 Å². The summed E-state index contributed by atoms with van der Waals surface area (Å²) in [5, 5.41) is 3.55. The lowest BCUT2D eigenvalue weighted by Crippen LogP contribution is -2.35. The Bertz CT molecular complexity index is 564. The minimum atomic E-state index is 0.332. The van der Waals surface area contributed by atoms with E-state index in [0.29, 0.717) is 12.0 Å². The molecule has 4 nitrogen and oxygen atoms in total. The summed E-state index contributed by atoms with van der Waals surface area (Å²) in [6.45, 7) is 6.85. The smallest absolute Gasteiger partial charge is 0.114 e. The number of ether oxygens (including phenoxy) is 1. The zero-order valence-corrected chi connectivity index (χ0v) is 11.6. The molecule has 4 heteroatoms. The first kappa shape index (κ1) is 12.6. The molecule has 2 atom stereocenters. The number of aryl methyl sites for hydroxylation is 1. The Labute approximate surface area is 113 Å². The van der Waals surface area contributed by atoms with Crippen molar-refractivity contribution in [3.8, 4) is 0 Å². The number of H-pyrrole nitrogens is 1. The van der Waals surface area contributed by atoms with E-state index in [-0.39, 0.29) is 0 Å². The standard InChI is InChI=1S/C15H21N3O/c1-3-7-16-13-9-19-8-11(13)15-17-12-6-4-5-10(2)14(12)18-15/h4-6,11,13,16H,3,7-9H2,1-2H3,(H,17,18). The molecule has 2 heterocycles. The summed E-state index contributed by atoms with van der Waals surface area (Å²) in [5.41, 5.74) is 3.42. The molecular weight excluding hydrogens is 238 g/mol. The van der Waals surface area contributed by atoms with Crippen LogP contribution in [0.2, 0.25) is 0 Å². The Hall–Kier alpha value is -1.39. The van der Waals surface area contributed by atoms with Gasteiger partial charge in [0.2, 0.25) is 0 Å². The van der Waals surface area contributed by atoms with Crippen molar-refractivity contribution in [2.45, 2.75) is 32.2 Å². The van der Waals surface area contributed by atoms with Gasteiger partial charge in [0.05, 0.1) is 30.2 Å². The number of imidazole rings is 1. The first-order valence-electron chi connectivity index (χ1n) is 7.06. The van der Waals surface area contributed by atoms with Gasteiger partial charge in [0.1, 0.15) is 5.82 Å². The lowest BCUT2D eigenvalue weighted by Gasteiger charge is -2.16. The largest absolute Gasteiger partial charge is 0.379 e. The van der Waals surface area contributed by atoms with Crippen LogP contribution in [0, 0.1) is 6.92 Å². The third-order valence-corrected chi connectivity index (χ3v) is 3.82. The van der Waals surface area contributed by atoms with E-state index in [1.165, 1.54) is 5.56 Å². The zero-order valence-electron chi connectivity index (χ0n) is 11.6. The Kier molecular flexibility index (Phi) is 3.53.